The van der Waals surface area contributed by atoms with Crippen molar-refractivity contribution < 1.29 is 19.0 Å². The van der Waals surface area contributed by atoms with Gasteiger partial charge in [0, 0.05) is 11.4 Å². The number of esters is 1. The average molecular weight is 287 g/mol. The maximum Gasteiger partial charge on any atom is 0.308 e. The Hall–Kier alpha value is -1.07. The lowest BCUT2D eigenvalue weighted by Crippen LogP contribution is -2.07. The highest BCUT2D eigenvalue weighted by atomic mass is 79.9. The summed E-state index contributed by atoms with van der Waals surface area (Å²) < 4.78 is 16.4. The van der Waals surface area contributed by atoms with Gasteiger partial charge in [0.15, 0.2) is 11.5 Å². The summed E-state index contributed by atoms with van der Waals surface area (Å²) in [4.78, 5) is 10.9. The molecule has 1 aromatic carbocycles. The molecule has 1 saturated heterocycles. The van der Waals surface area contributed by atoms with Crippen molar-refractivity contribution in [3.8, 4) is 11.5 Å². The lowest BCUT2D eigenvalue weighted by Gasteiger charge is -2.10. The van der Waals surface area contributed by atoms with Gasteiger partial charge in [-0.25, -0.2) is 0 Å². The largest absolute Gasteiger partial charge is 0.487 e. The predicted molar refractivity (Wildman–Crippen MR) is 60.7 cm³/mol. The monoisotopic (exact) mass is 286 g/mol. The van der Waals surface area contributed by atoms with Gasteiger partial charge < -0.3 is 14.2 Å². The molecule has 86 valence electrons. The third kappa shape index (κ3) is 3.21. The van der Waals surface area contributed by atoms with Gasteiger partial charge in [0.25, 0.3) is 0 Å². The number of epoxide rings is 1. The fourth-order valence-corrected chi connectivity index (χ4v) is 1.52. The van der Waals surface area contributed by atoms with E-state index in [0.717, 1.165) is 11.1 Å². The van der Waals surface area contributed by atoms with E-state index in [4.69, 9.17) is 14.2 Å². The normalized spacial score (nSPS) is 18.0. The second kappa shape index (κ2) is 4.84. The van der Waals surface area contributed by atoms with Gasteiger partial charge in [0.2, 0.25) is 0 Å². The van der Waals surface area contributed by atoms with Gasteiger partial charge in [0.1, 0.15) is 12.7 Å². The zero-order chi connectivity index (χ0) is 11.5. The quantitative estimate of drug-likeness (QED) is 0.483. The average Bonchev–Trinajstić information content (AvgIpc) is 3.01. The summed E-state index contributed by atoms with van der Waals surface area (Å²) in [7, 11) is 0. The second-order valence-corrected chi connectivity index (χ2v) is 4.37. The molecule has 0 amide bonds. The van der Waals surface area contributed by atoms with Crippen LogP contribution in [0.5, 0.6) is 11.5 Å². The highest BCUT2D eigenvalue weighted by Crippen LogP contribution is 2.31. The van der Waals surface area contributed by atoms with E-state index in [-0.39, 0.29) is 12.1 Å². The third-order valence-corrected chi connectivity index (χ3v) is 2.48. The smallest absolute Gasteiger partial charge is 0.308 e. The molecule has 1 atom stereocenters. The first-order valence-corrected chi connectivity index (χ1v) is 5.67. The molecule has 1 unspecified atom stereocenters. The number of carbonyl (C=O) groups excluding carboxylic acids is 1. The molecule has 0 N–H and O–H groups in total. The minimum Gasteiger partial charge on any atom is -0.487 e. The summed E-state index contributed by atoms with van der Waals surface area (Å²) in [6.45, 7) is 2.57. The SMILES string of the molecule is CC(=O)Oc1ccc(Br)cc1OCC1CO1. The Morgan fingerprint density at radius 2 is 2.31 bits per heavy atom. The van der Waals surface area contributed by atoms with Gasteiger partial charge in [-0.15, -0.1) is 0 Å². The number of carbonyl (C=O) groups is 1. The van der Waals surface area contributed by atoms with Crippen LogP contribution in [0.2, 0.25) is 0 Å². The summed E-state index contributed by atoms with van der Waals surface area (Å²) in [5.41, 5.74) is 0. The fourth-order valence-electron chi connectivity index (χ4n) is 1.18. The molecular formula is C11H11BrO4. The Morgan fingerprint density at radius 3 is 2.94 bits per heavy atom. The van der Waals surface area contributed by atoms with Crippen molar-refractivity contribution >= 4 is 21.9 Å². The van der Waals surface area contributed by atoms with Crippen LogP contribution in [0.1, 0.15) is 6.92 Å². The van der Waals surface area contributed by atoms with Crippen molar-refractivity contribution in [3.05, 3.63) is 22.7 Å². The van der Waals surface area contributed by atoms with Crippen LogP contribution in [-0.4, -0.2) is 25.3 Å². The first-order chi connectivity index (χ1) is 7.65. The van der Waals surface area contributed by atoms with Crippen LogP contribution in [0.3, 0.4) is 0 Å². The molecule has 1 fully saturated rings. The first-order valence-electron chi connectivity index (χ1n) is 4.87. The molecule has 1 heterocycles. The summed E-state index contributed by atoms with van der Waals surface area (Å²) >= 11 is 3.33. The van der Waals surface area contributed by atoms with Gasteiger partial charge >= 0.3 is 5.97 Å². The molecule has 0 radical (unpaired) electrons. The summed E-state index contributed by atoms with van der Waals surface area (Å²) in [6, 6.07) is 5.24. The second-order valence-electron chi connectivity index (χ2n) is 3.45. The minimum absolute atomic E-state index is 0.171. The summed E-state index contributed by atoms with van der Waals surface area (Å²) in [6.07, 6.45) is 0.171. The minimum atomic E-state index is -0.366. The van der Waals surface area contributed by atoms with E-state index in [1.54, 1.807) is 18.2 Å². The summed E-state index contributed by atoms with van der Waals surface area (Å²) in [5, 5.41) is 0. The molecule has 2 rings (SSSR count). The van der Waals surface area contributed by atoms with Crippen molar-refractivity contribution in [2.45, 2.75) is 13.0 Å². The van der Waals surface area contributed by atoms with Gasteiger partial charge in [-0.2, -0.15) is 0 Å². The van der Waals surface area contributed by atoms with E-state index in [0.29, 0.717) is 18.1 Å². The Labute approximate surface area is 102 Å². The Morgan fingerprint density at radius 1 is 1.56 bits per heavy atom. The summed E-state index contributed by atoms with van der Waals surface area (Å²) in [5.74, 6) is 0.603. The lowest BCUT2D eigenvalue weighted by molar-refractivity contribution is -0.132. The maximum atomic E-state index is 10.9. The van der Waals surface area contributed by atoms with E-state index in [1.165, 1.54) is 6.92 Å². The van der Waals surface area contributed by atoms with Crippen molar-refractivity contribution in [2.75, 3.05) is 13.2 Å². The van der Waals surface area contributed by atoms with Gasteiger partial charge in [-0.05, 0) is 18.2 Å². The van der Waals surface area contributed by atoms with Gasteiger partial charge in [0.05, 0.1) is 6.61 Å². The van der Waals surface area contributed by atoms with Crippen LogP contribution < -0.4 is 9.47 Å². The number of hydrogen-bond acceptors (Lipinski definition) is 4. The van der Waals surface area contributed by atoms with E-state index >= 15 is 0 Å². The van der Waals surface area contributed by atoms with E-state index in [2.05, 4.69) is 15.9 Å². The van der Waals surface area contributed by atoms with Crippen LogP contribution in [0.4, 0.5) is 0 Å². The number of halogens is 1. The fraction of sp³-hybridized carbons (Fsp3) is 0.364. The molecule has 0 spiro atoms. The third-order valence-electron chi connectivity index (χ3n) is 1.99. The zero-order valence-electron chi connectivity index (χ0n) is 8.73. The van der Waals surface area contributed by atoms with Crippen LogP contribution in [-0.2, 0) is 9.53 Å². The Kier molecular flexibility index (Phi) is 3.46. The molecule has 16 heavy (non-hydrogen) atoms. The Bertz CT molecular complexity index is 401. The van der Waals surface area contributed by atoms with E-state index in [9.17, 15) is 4.79 Å². The topological polar surface area (TPSA) is 48.1 Å². The van der Waals surface area contributed by atoms with Crippen molar-refractivity contribution in [3.63, 3.8) is 0 Å². The van der Waals surface area contributed by atoms with Crippen LogP contribution in [0.25, 0.3) is 0 Å². The van der Waals surface area contributed by atoms with E-state index < -0.39 is 0 Å². The van der Waals surface area contributed by atoms with Gasteiger partial charge in [-0.3, -0.25) is 4.79 Å². The van der Waals surface area contributed by atoms with Crippen LogP contribution in [0, 0.1) is 0 Å². The molecule has 0 aliphatic carbocycles. The molecule has 1 aliphatic rings. The number of rotatable bonds is 4. The molecule has 0 saturated carbocycles. The standard InChI is InChI=1S/C11H11BrO4/c1-7(13)16-10-3-2-8(12)4-11(10)15-6-9-5-14-9/h2-4,9H,5-6H2,1H3. The molecule has 0 aromatic heterocycles. The van der Waals surface area contributed by atoms with Crippen molar-refractivity contribution in [1.29, 1.82) is 0 Å². The predicted octanol–water partition coefficient (Wildman–Crippen LogP) is 2.15. The van der Waals surface area contributed by atoms with Crippen LogP contribution >= 0.6 is 15.9 Å². The molecule has 5 heteroatoms. The van der Waals surface area contributed by atoms with Crippen molar-refractivity contribution in [2.24, 2.45) is 0 Å². The Balaban J connectivity index is 2.10. The first kappa shape index (κ1) is 11.4. The number of ether oxygens (including phenoxy) is 3. The molecular weight excluding hydrogens is 276 g/mol. The number of hydrogen-bond donors (Lipinski definition) is 0. The lowest BCUT2D eigenvalue weighted by atomic mass is 10.3. The molecule has 1 aliphatic heterocycles. The molecule has 1 aromatic rings. The van der Waals surface area contributed by atoms with E-state index in [1.807, 2.05) is 0 Å². The van der Waals surface area contributed by atoms with Crippen LogP contribution in [0.15, 0.2) is 22.7 Å². The molecule has 0 bridgehead atoms. The zero-order valence-corrected chi connectivity index (χ0v) is 10.3. The molecule has 4 nitrogen and oxygen atoms in total. The van der Waals surface area contributed by atoms with Crippen molar-refractivity contribution in [1.82, 2.24) is 0 Å². The number of benzene rings is 1. The highest BCUT2D eigenvalue weighted by Gasteiger charge is 2.23. The highest BCUT2D eigenvalue weighted by molar-refractivity contribution is 9.10. The maximum absolute atomic E-state index is 10.9. The van der Waals surface area contributed by atoms with Gasteiger partial charge in [-0.1, -0.05) is 15.9 Å².